The fraction of sp³-hybridized carbons (Fsp3) is 1.00. The Hall–Kier alpha value is -0.0800. The van der Waals surface area contributed by atoms with E-state index in [0.717, 1.165) is 17.9 Å². The summed E-state index contributed by atoms with van der Waals surface area (Å²) in [6.45, 7) is 4.83. The van der Waals surface area contributed by atoms with Crippen LogP contribution in [-0.4, -0.2) is 30.1 Å². The van der Waals surface area contributed by atoms with Gasteiger partial charge in [0.1, 0.15) is 0 Å². The Balaban J connectivity index is 1.92. The Labute approximate surface area is 107 Å². The van der Waals surface area contributed by atoms with Gasteiger partial charge in [-0.15, -0.1) is 0 Å². The SMILES string of the molecule is CC1CCC(N(C)C2CCCCC2N)CC1C. The Morgan fingerprint density at radius 2 is 1.65 bits per heavy atom. The zero-order chi connectivity index (χ0) is 12.4. The highest BCUT2D eigenvalue weighted by molar-refractivity contribution is 4.90. The molecule has 2 heteroatoms. The monoisotopic (exact) mass is 238 g/mol. The van der Waals surface area contributed by atoms with Crippen LogP contribution in [0.3, 0.4) is 0 Å². The zero-order valence-electron chi connectivity index (χ0n) is 11.9. The molecule has 2 rings (SSSR count). The summed E-state index contributed by atoms with van der Waals surface area (Å²) in [6, 6.07) is 1.85. The van der Waals surface area contributed by atoms with Crippen molar-refractivity contribution in [1.29, 1.82) is 0 Å². The summed E-state index contributed by atoms with van der Waals surface area (Å²) in [5.41, 5.74) is 6.31. The molecule has 2 N–H and O–H groups in total. The third-order valence-electron chi connectivity index (χ3n) is 5.45. The van der Waals surface area contributed by atoms with Gasteiger partial charge in [-0.25, -0.2) is 0 Å². The van der Waals surface area contributed by atoms with Gasteiger partial charge in [-0.3, -0.25) is 4.90 Å². The van der Waals surface area contributed by atoms with E-state index in [4.69, 9.17) is 5.73 Å². The third kappa shape index (κ3) is 3.03. The predicted octanol–water partition coefficient (Wildman–Crippen LogP) is 3.01. The predicted molar refractivity (Wildman–Crippen MR) is 74.0 cm³/mol. The lowest BCUT2D eigenvalue weighted by atomic mass is 9.77. The molecule has 5 unspecified atom stereocenters. The van der Waals surface area contributed by atoms with E-state index in [0.29, 0.717) is 12.1 Å². The number of hydrogen-bond donors (Lipinski definition) is 1. The first-order chi connectivity index (χ1) is 8.09. The smallest absolute Gasteiger partial charge is 0.0247 e. The van der Waals surface area contributed by atoms with Gasteiger partial charge in [0, 0.05) is 18.1 Å². The van der Waals surface area contributed by atoms with E-state index in [-0.39, 0.29) is 0 Å². The molecule has 0 aromatic heterocycles. The molecule has 0 aliphatic heterocycles. The molecule has 0 spiro atoms. The van der Waals surface area contributed by atoms with Gasteiger partial charge in [0.2, 0.25) is 0 Å². The van der Waals surface area contributed by atoms with Crippen molar-refractivity contribution in [2.75, 3.05) is 7.05 Å². The highest BCUT2D eigenvalue weighted by Crippen LogP contribution is 2.34. The molecule has 0 saturated heterocycles. The quantitative estimate of drug-likeness (QED) is 0.801. The normalized spacial score (nSPS) is 43.9. The second kappa shape index (κ2) is 5.71. The van der Waals surface area contributed by atoms with Crippen LogP contribution in [0.2, 0.25) is 0 Å². The topological polar surface area (TPSA) is 29.3 Å². The van der Waals surface area contributed by atoms with Crippen molar-refractivity contribution in [2.45, 2.75) is 76.9 Å². The number of rotatable bonds is 2. The Morgan fingerprint density at radius 3 is 2.29 bits per heavy atom. The molecule has 0 heterocycles. The van der Waals surface area contributed by atoms with Crippen molar-refractivity contribution >= 4 is 0 Å². The van der Waals surface area contributed by atoms with Crippen molar-refractivity contribution in [1.82, 2.24) is 4.90 Å². The van der Waals surface area contributed by atoms with Crippen molar-refractivity contribution in [2.24, 2.45) is 17.6 Å². The van der Waals surface area contributed by atoms with E-state index in [1.165, 1.54) is 44.9 Å². The largest absolute Gasteiger partial charge is 0.326 e. The molecule has 2 saturated carbocycles. The third-order valence-corrected chi connectivity index (χ3v) is 5.45. The van der Waals surface area contributed by atoms with Crippen LogP contribution in [0, 0.1) is 11.8 Å². The van der Waals surface area contributed by atoms with Gasteiger partial charge in [0.25, 0.3) is 0 Å². The minimum atomic E-state index is 0.420. The highest BCUT2D eigenvalue weighted by Gasteiger charge is 2.33. The zero-order valence-corrected chi connectivity index (χ0v) is 11.9. The van der Waals surface area contributed by atoms with Crippen molar-refractivity contribution in [3.05, 3.63) is 0 Å². The molecule has 2 nitrogen and oxygen atoms in total. The van der Waals surface area contributed by atoms with Crippen LogP contribution in [-0.2, 0) is 0 Å². The lowest BCUT2D eigenvalue weighted by molar-refractivity contribution is 0.0690. The summed E-state index contributed by atoms with van der Waals surface area (Å²) >= 11 is 0. The second-order valence-corrected chi connectivity index (χ2v) is 6.60. The first-order valence-electron chi connectivity index (χ1n) is 7.57. The molecule has 0 amide bonds. The summed E-state index contributed by atoms with van der Waals surface area (Å²) in [7, 11) is 2.32. The fourth-order valence-corrected chi connectivity index (χ4v) is 3.81. The van der Waals surface area contributed by atoms with E-state index < -0.39 is 0 Å². The molecule has 2 fully saturated rings. The average Bonchev–Trinajstić information content (AvgIpc) is 2.32. The van der Waals surface area contributed by atoms with Crippen LogP contribution in [0.1, 0.15) is 58.8 Å². The van der Waals surface area contributed by atoms with E-state index in [9.17, 15) is 0 Å². The Bertz CT molecular complexity index is 241. The highest BCUT2D eigenvalue weighted by atomic mass is 15.2. The van der Waals surface area contributed by atoms with Crippen LogP contribution in [0.5, 0.6) is 0 Å². The number of nitrogens with zero attached hydrogens (tertiary/aromatic N) is 1. The molecule has 0 aromatic carbocycles. The average molecular weight is 238 g/mol. The molecule has 17 heavy (non-hydrogen) atoms. The van der Waals surface area contributed by atoms with Gasteiger partial charge in [0.05, 0.1) is 0 Å². The maximum atomic E-state index is 6.31. The minimum absolute atomic E-state index is 0.420. The van der Waals surface area contributed by atoms with Gasteiger partial charge < -0.3 is 5.73 Å². The van der Waals surface area contributed by atoms with Gasteiger partial charge in [0.15, 0.2) is 0 Å². The fourth-order valence-electron chi connectivity index (χ4n) is 3.81. The van der Waals surface area contributed by atoms with E-state index >= 15 is 0 Å². The van der Waals surface area contributed by atoms with E-state index in [1.807, 2.05) is 0 Å². The molecule has 2 aliphatic rings. The first-order valence-corrected chi connectivity index (χ1v) is 7.57. The van der Waals surface area contributed by atoms with Gasteiger partial charge >= 0.3 is 0 Å². The van der Waals surface area contributed by atoms with E-state index in [2.05, 4.69) is 25.8 Å². The van der Waals surface area contributed by atoms with Crippen LogP contribution in [0.4, 0.5) is 0 Å². The van der Waals surface area contributed by atoms with Crippen molar-refractivity contribution < 1.29 is 0 Å². The molecule has 5 atom stereocenters. The molecular weight excluding hydrogens is 208 g/mol. The number of likely N-dealkylation sites (N-methyl/N-ethyl adjacent to an activating group) is 1. The summed E-state index contributed by atoms with van der Waals surface area (Å²) in [5, 5.41) is 0. The lowest BCUT2D eigenvalue weighted by Gasteiger charge is -2.44. The summed E-state index contributed by atoms with van der Waals surface area (Å²) in [6.07, 6.45) is 9.42. The summed E-state index contributed by atoms with van der Waals surface area (Å²) in [4.78, 5) is 2.63. The molecule has 2 aliphatic carbocycles. The van der Waals surface area contributed by atoms with Crippen LogP contribution < -0.4 is 5.73 Å². The van der Waals surface area contributed by atoms with Crippen molar-refractivity contribution in [3.63, 3.8) is 0 Å². The Kier molecular flexibility index (Phi) is 4.48. The first kappa shape index (κ1) is 13.4. The van der Waals surface area contributed by atoms with E-state index in [1.54, 1.807) is 0 Å². The van der Waals surface area contributed by atoms with Gasteiger partial charge in [-0.2, -0.15) is 0 Å². The van der Waals surface area contributed by atoms with Crippen LogP contribution in [0.15, 0.2) is 0 Å². The number of hydrogen-bond acceptors (Lipinski definition) is 2. The minimum Gasteiger partial charge on any atom is -0.326 e. The maximum Gasteiger partial charge on any atom is 0.0247 e. The van der Waals surface area contributed by atoms with Crippen LogP contribution >= 0.6 is 0 Å². The molecule has 0 aromatic rings. The maximum absolute atomic E-state index is 6.31. The molecule has 0 radical (unpaired) electrons. The standard InChI is InChI=1S/C15H30N2/c1-11-8-9-13(10-12(11)2)17(3)15-7-5-4-6-14(15)16/h11-15H,4-10,16H2,1-3H3. The Morgan fingerprint density at radius 1 is 0.941 bits per heavy atom. The summed E-state index contributed by atoms with van der Waals surface area (Å²) in [5.74, 6) is 1.80. The molecule has 0 bridgehead atoms. The van der Waals surface area contributed by atoms with Crippen LogP contribution in [0.25, 0.3) is 0 Å². The molecule has 100 valence electrons. The molecular formula is C15H30N2. The summed E-state index contributed by atoms with van der Waals surface area (Å²) < 4.78 is 0. The van der Waals surface area contributed by atoms with Crippen molar-refractivity contribution in [3.8, 4) is 0 Å². The second-order valence-electron chi connectivity index (χ2n) is 6.60. The lowest BCUT2D eigenvalue weighted by Crippen LogP contribution is -2.52. The number of nitrogens with two attached hydrogens (primary N) is 1. The van der Waals surface area contributed by atoms with Gasteiger partial charge in [-0.1, -0.05) is 26.7 Å². The van der Waals surface area contributed by atoms with Gasteiger partial charge in [-0.05, 0) is 51.0 Å².